The lowest BCUT2D eigenvalue weighted by Crippen LogP contribution is -2.33. The molecule has 1 amide bonds. The fourth-order valence-electron chi connectivity index (χ4n) is 4.17. The molecule has 0 spiro atoms. The standard InChI is InChI=1S/C25H24N6O2/c1-30-23-16-20(18-10-6-3-7-11-18)29-31(23)13-12-19(25(30)33)15-21(32)24-26-22(27-28-24)14-17-8-4-2-5-9-17/h2-11,16,19H,12-15H2,1H3,(H,26,27,28). The zero-order valence-electron chi connectivity index (χ0n) is 18.3. The van der Waals surface area contributed by atoms with E-state index in [0.717, 1.165) is 22.6 Å². The summed E-state index contributed by atoms with van der Waals surface area (Å²) in [4.78, 5) is 32.0. The summed E-state index contributed by atoms with van der Waals surface area (Å²) < 4.78 is 1.84. The molecule has 5 rings (SSSR count). The van der Waals surface area contributed by atoms with Gasteiger partial charge in [-0.1, -0.05) is 60.7 Å². The molecule has 1 atom stereocenters. The molecule has 0 radical (unpaired) electrons. The lowest BCUT2D eigenvalue weighted by molar-refractivity contribution is -0.122. The molecule has 0 saturated carbocycles. The number of rotatable bonds is 6. The molecule has 0 aliphatic carbocycles. The Bertz CT molecular complexity index is 1280. The summed E-state index contributed by atoms with van der Waals surface area (Å²) in [6.45, 7) is 0.559. The van der Waals surface area contributed by atoms with Crippen LogP contribution in [0.2, 0.25) is 0 Å². The number of nitrogens with one attached hydrogen (secondary N) is 1. The molecule has 4 aromatic rings. The Labute approximate surface area is 191 Å². The van der Waals surface area contributed by atoms with E-state index in [1.165, 1.54) is 0 Å². The van der Waals surface area contributed by atoms with Gasteiger partial charge in [0.25, 0.3) is 0 Å². The van der Waals surface area contributed by atoms with Crippen LogP contribution in [-0.2, 0) is 17.8 Å². The fraction of sp³-hybridized carbons (Fsp3) is 0.240. The molecular formula is C25H24N6O2. The molecule has 2 aromatic heterocycles. The number of nitrogens with zero attached hydrogens (tertiary/aromatic N) is 5. The van der Waals surface area contributed by atoms with Crippen molar-refractivity contribution < 1.29 is 9.59 Å². The molecule has 166 valence electrons. The zero-order chi connectivity index (χ0) is 22.8. The van der Waals surface area contributed by atoms with Crippen LogP contribution in [0.4, 0.5) is 5.82 Å². The van der Waals surface area contributed by atoms with Crippen LogP contribution in [0.5, 0.6) is 0 Å². The molecule has 1 aliphatic rings. The van der Waals surface area contributed by atoms with Gasteiger partial charge in [-0.05, 0) is 12.0 Å². The third-order valence-electron chi connectivity index (χ3n) is 5.97. The third-order valence-corrected chi connectivity index (χ3v) is 5.97. The maximum atomic E-state index is 13.2. The highest BCUT2D eigenvalue weighted by molar-refractivity contribution is 6.00. The topological polar surface area (TPSA) is 96.8 Å². The van der Waals surface area contributed by atoms with Crippen LogP contribution in [0.3, 0.4) is 0 Å². The molecule has 1 aliphatic heterocycles. The summed E-state index contributed by atoms with van der Waals surface area (Å²) >= 11 is 0. The Balaban J connectivity index is 1.27. The molecule has 0 fully saturated rings. The van der Waals surface area contributed by atoms with E-state index in [1.807, 2.05) is 71.4 Å². The lowest BCUT2D eigenvalue weighted by atomic mass is 9.97. The number of aromatic amines is 1. The number of aryl methyl sites for hydroxylation is 1. The van der Waals surface area contributed by atoms with Crippen LogP contribution < -0.4 is 4.90 Å². The van der Waals surface area contributed by atoms with Crippen LogP contribution in [0.1, 0.15) is 34.8 Å². The van der Waals surface area contributed by atoms with Gasteiger partial charge in [-0.2, -0.15) is 10.2 Å². The number of Topliss-reactive ketones (excluding diaryl/α,β-unsaturated/α-hetero) is 1. The Hall–Kier alpha value is -4.07. The van der Waals surface area contributed by atoms with Crippen LogP contribution >= 0.6 is 0 Å². The van der Waals surface area contributed by atoms with Gasteiger partial charge in [0.2, 0.25) is 17.5 Å². The fourth-order valence-corrected chi connectivity index (χ4v) is 4.17. The SMILES string of the molecule is CN1C(=O)C(CC(=O)c2n[nH]c(Cc3ccccc3)n2)CCn2nc(-c3ccccc3)cc21. The number of H-pyrrole nitrogens is 1. The summed E-state index contributed by atoms with van der Waals surface area (Å²) in [7, 11) is 1.73. The van der Waals surface area contributed by atoms with Crippen LogP contribution in [0.15, 0.2) is 66.7 Å². The molecule has 0 bridgehead atoms. The van der Waals surface area contributed by atoms with Crippen molar-refractivity contribution in [3.8, 4) is 11.3 Å². The number of anilines is 1. The average Bonchev–Trinajstić information content (AvgIpc) is 3.47. The van der Waals surface area contributed by atoms with E-state index in [9.17, 15) is 9.59 Å². The molecule has 3 heterocycles. The van der Waals surface area contributed by atoms with Crippen molar-refractivity contribution >= 4 is 17.5 Å². The van der Waals surface area contributed by atoms with E-state index in [2.05, 4.69) is 20.3 Å². The number of amides is 1. The lowest BCUT2D eigenvalue weighted by Gasteiger charge is -2.18. The van der Waals surface area contributed by atoms with E-state index >= 15 is 0 Å². The van der Waals surface area contributed by atoms with Crippen molar-refractivity contribution in [2.75, 3.05) is 11.9 Å². The first-order valence-electron chi connectivity index (χ1n) is 11.0. The van der Waals surface area contributed by atoms with Gasteiger partial charge in [0.05, 0.1) is 5.69 Å². The molecular weight excluding hydrogens is 416 g/mol. The molecule has 1 unspecified atom stereocenters. The van der Waals surface area contributed by atoms with Gasteiger partial charge in [0, 0.05) is 44.0 Å². The van der Waals surface area contributed by atoms with Crippen molar-refractivity contribution in [1.29, 1.82) is 0 Å². The minimum Gasteiger partial charge on any atom is -0.300 e. The second kappa shape index (κ2) is 8.82. The summed E-state index contributed by atoms with van der Waals surface area (Å²) in [6, 6.07) is 21.7. The number of benzene rings is 2. The minimum absolute atomic E-state index is 0.0716. The zero-order valence-corrected chi connectivity index (χ0v) is 18.3. The predicted octanol–water partition coefficient (Wildman–Crippen LogP) is 3.51. The molecule has 8 nitrogen and oxygen atoms in total. The van der Waals surface area contributed by atoms with Gasteiger partial charge in [-0.3, -0.25) is 19.6 Å². The van der Waals surface area contributed by atoms with E-state index in [0.29, 0.717) is 25.2 Å². The van der Waals surface area contributed by atoms with Crippen molar-refractivity contribution in [2.45, 2.75) is 25.8 Å². The van der Waals surface area contributed by atoms with E-state index < -0.39 is 5.92 Å². The summed E-state index contributed by atoms with van der Waals surface area (Å²) in [5.74, 6) is 0.716. The largest absolute Gasteiger partial charge is 0.300 e. The molecule has 1 N–H and O–H groups in total. The van der Waals surface area contributed by atoms with E-state index in [1.54, 1.807) is 11.9 Å². The highest BCUT2D eigenvalue weighted by atomic mass is 16.2. The Morgan fingerprint density at radius 1 is 1.09 bits per heavy atom. The van der Waals surface area contributed by atoms with Gasteiger partial charge in [-0.25, -0.2) is 9.67 Å². The summed E-state index contributed by atoms with van der Waals surface area (Å²) in [5.41, 5.74) is 2.91. The highest BCUT2D eigenvalue weighted by Gasteiger charge is 2.32. The predicted molar refractivity (Wildman–Crippen MR) is 124 cm³/mol. The maximum absolute atomic E-state index is 13.2. The van der Waals surface area contributed by atoms with Gasteiger partial charge in [0.15, 0.2) is 0 Å². The Kier molecular flexibility index (Phi) is 5.56. The van der Waals surface area contributed by atoms with Crippen molar-refractivity contribution in [3.63, 3.8) is 0 Å². The first-order chi connectivity index (χ1) is 16.1. The van der Waals surface area contributed by atoms with Gasteiger partial charge in [0.1, 0.15) is 11.6 Å². The normalized spacial score (nSPS) is 15.8. The number of hydrogen-bond acceptors (Lipinski definition) is 5. The van der Waals surface area contributed by atoms with E-state index in [4.69, 9.17) is 0 Å². The van der Waals surface area contributed by atoms with Gasteiger partial charge < -0.3 is 0 Å². The van der Waals surface area contributed by atoms with Gasteiger partial charge >= 0.3 is 0 Å². The van der Waals surface area contributed by atoms with Crippen molar-refractivity contribution in [2.24, 2.45) is 5.92 Å². The Morgan fingerprint density at radius 3 is 2.58 bits per heavy atom. The van der Waals surface area contributed by atoms with Crippen LogP contribution in [-0.4, -0.2) is 43.7 Å². The van der Waals surface area contributed by atoms with Gasteiger partial charge in [-0.15, -0.1) is 0 Å². The molecule has 0 saturated heterocycles. The minimum atomic E-state index is -0.444. The first-order valence-corrected chi connectivity index (χ1v) is 11.0. The van der Waals surface area contributed by atoms with Crippen LogP contribution in [0.25, 0.3) is 11.3 Å². The molecule has 33 heavy (non-hydrogen) atoms. The maximum Gasteiger partial charge on any atom is 0.231 e. The van der Waals surface area contributed by atoms with Crippen molar-refractivity contribution in [1.82, 2.24) is 25.0 Å². The molecule has 2 aromatic carbocycles. The third kappa shape index (κ3) is 4.32. The number of carbonyl (C=O) groups excluding carboxylic acids is 2. The highest BCUT2D eigenvalue weighted by Crippen LogP contribution is 2.29. The Morgan fingerprint density at radius 2 is 1.82 bits per heavy atom. The van der Waals surface area contributed by atoms with Crippen LogP contribution in [0, 0.1) is 5.92 Å². The monoisotopic (exact) mass is 440 g/mol. The quantitative estimate of drug-likeness (QED) is 0.463. The second-order valence-electron chi connectivity index (χ2n) is 8.26. The second-order valence-corrected chi connectivity index (χ2v) is 8.26. The number of ketones is 1. The number of aromatic nitrogens is 5. The first kappa shape index (κ1) is 20.8. The smallest absolute Gasteiger partial charge is 0.231 e. The van der Waals surface area contributed by atoms with E-state index in [-0.39, 0.29) is 23.9 Å². The average molecular weight is 441 g/mol. The summed E-state index contributed by atoms with van der Waals surface area (Å²) in [5, 5.41) is 11.6. The summed E-state index contributed by atoms with van der Waals surface area (Å²) in [6.07, 6.45) is 1.17. The van der Waals surface area contributed by atoms with Crippen molar-refractivity contribution in [3.05, 3.63) is 83.9 Å². The number of hydrogen-bond donors (Lipinski definition) is 1. The number of fused-ring (bicyclic) bond motifs is 1. The number of carbonyl (C=O) groups is 2. The molecule has 8 heteroatoms.